The number of nitrogens with zero attached hydrogens (tertiary/aromatic N) is 4. The van der Waals surface area contributed by atoms with Crippen molar-refractivity contribution in [2.75, 3.05) is 0 Å². The lowest BCUT2D eigenvalue weighted by Crippen LogP contribution is -2.01. The van der Waals surface area contributed by atoms with Crippen LogP contribution in [0.2, 0.25) is 0 Å². The van der Waals surface area contributed by atoms with Crippen LogP contribution in [0.15, 0.2) is 158 Å². The number of thiophene rings is 1. The molecule has 0 amide bonds. The third-order valence-electron chi connectivity index (χ3n) is 8.77. The Hall–Kier alpha value is -6.17. The van der Waals surface area contributed by atoms with Gasteiger partial charge >= 0.3 is 0 Å². The van der Waals surface area contributed by atoms with Crippen molar-refractivity contribution in [3.8, 4) is 39.9 Å². The van der Waals surface area contributed by atoms with Crippen LogP contribution in [0.25, 0.3) is 92.6 Å². The van der Waals surface area contributed by atoms with Gasteiger partial charge < -0.3 is 4.57 Å². The molecule has 4 nitrogen and oxygen atoms in total. The minimum Gasteiger partial charge on any atom is -0.309 e. The largest absolute Gasteiger partial charge is 0.309 e. The highest BCUT2D eigenvalue weighted by atomic mass is 32.1. The molecule has 0 atom stereocenters. The van der Waals surface area contributed by atoms with Gasteiger partial charge in [0.2, 0.25) is 0 Å². The lowest BCUT2D eigenvalue weighted by molar-refractivity contribution is 1.07. The van der Waals surface area contributed by atoms with Gasteiger partial charge in [0.15, 0.2) is 17.5 Å². The van der Waals surface area contributed by atoms with Gasteiger partial charge in [-0.25, -0.2) is 15.0 Å². The fraction of sp³-hybridized carbons (Fsp3) is 0. The maximum absolute atomic E-state index is 10.2. The number of para-hydroxylation sites is 1. The van der Waals surface area contributed by atoms with E-state index in [2.05, 4.69) is 18.2 Å². The van der Waals surface area contributed by atoms with Gasteiger partial charge in [0.05, 0.1) is 19.3 Å². The van der Waals surface area contributed by atoms with E-state index in [0.29, 0.717) is 32.1 Å². The van der Waals surface area contributed by atoms with Crippen molar-refractivity contribution in [3.63, 3.8) is 0 Å². The van der Waals surface area contributed by atoms with Gasteiger partial charge in [0, 0.05) is 53.3 Å². The van der Waals surface area contributed by atoms with Gasteiger partial charge in [-0.3, -0.25) is 0 Å². The van der Waals surface area contributed by atoms with Crippen molar-refractivity contribution >= 4 is 64.1 Å². The van der Waals surface area contributed by atoms with Crippen LogP contribution in [0.1, 0.15) is 8.22 Å². The Bertz CT molecular complexity index is 3120. The summed E-state index contributed by atoms with van der Waals surface area (Å²) in [7, 11) is 0. The number of benzene rings is 7. The molecule has 0 bridgehead atoms. The van der Waals surface area contributed by atoms with Crippen LogP contribution in [0.3, 0.4) is 0 Å². The summed E-state index contributed by atoms with van der Waals surface area (Å²) in [4.78, 5) is 14.9. The van der Waals surface area contributed by atoms with Crippen LogP contribution < -0.4 is 0 Å². The topological polar surface area (TPSA) is 43.6 Å². The third-order valence-corrected chi connectivity index (χ3v) is 9.79. The molecule has 3 aromatic heterocycles. The molecule has 10 aromatic rings. The second kappa shape index (κ2) is 10.7. The normalized spacial score (nSPS) is 13.5. The van der Waals surface area contributed by atoms with E-state index in [1.54, 1.807) is 0 Å². The van der Waals surface area contributed by atoms with Gasteiger partial charge in [-0.15, -0.1) is 11.3 Å². The summed E-state index contributed by atoms with van der Waals surface area (Å²) >= 11 is 1.13. The van der Waals surface area contributed by atoms with Gasteiger partial charge in [0.25, 0.3) is 0 Å². The second-order valence-corrected chi connectivity index (χ2v) is 12.6. The molecule has 3 heterocycles. The van der Waals surface area contributed by atoms with E-state index >= 15 is 0 Å². The molecule has 48 heavy (non-hydrogen) atoms. The first-order valence-electron chi connectivity index (χ1n) is 18.6. The fourth-order valence-electron chi connectivity index (χ4n) is 6.65. The summed E-state index contributed by atoms with van der Waals surface area (Å²) in [6.45, 7) is 0. The van der Waals surface area contributed by atoms with Gasteiger partial charge in [-0.2, -0.15) is 0 Å². The zero-order valence-electron chi connectivity index (χ0n) is 31.2. The highest BCUT2D eigenvalue weighted by Gasteiger charge is 2.21. The van der Waals surface area contributed by atoms with Crippen molar-refractivity contribution in [2.24, 2.45) is 0 Å². The highest BCUT2D eigenvalue weighted by Crippen LogP contribution is 2.43. The summed E-state index contributed by atoms with van der Waals surface area (Å²) < 4.78 is 57.8. The summed E-state index contributed by atoms with van der Waals surface area (Å²) in [5.74, 6) is 0.929. The molecule has 0 aliphatic heterocycles. The predicted molar refractivity (Wildman–Crippen MR) is 201 cm³/mol. The van der Waals surface area contributed by atoms with Crippen molar-refractivity contribution in [1.82, 2.24) is 19.5 Å². The molecular formula is C43H26N4S. The molecule has 0 aliphatic rings. The lowest BCUT2D eigenvalue weighted by atomic mass is 10.0. The Labute approximate surface area is 288 Å². The van der Waals surface area contributed by atoms with Crippen LogP contribution in [0, 0.1) is 0 Å². The van der Waals surface area contributed by atoms with Gasteiger partial charge in [-0.1, -0.05) is 127 Å². The molecule has 7 aromatic carbocycles. The van der Waals surface area contributed by atoms with E-state index in [4.69, 9.17) is 20.4 Å². The van der Waals surface area contributed by atoms with Crippen LogP contribution in [0.5, 0.6) is 0 Å². The molecular weight excluding hydrogens is 605 g/mol. The van der Waals surface area contributed by atoms with E-state index in [-0.39, 0.29) is 53.0 Å². The van der Waals surface area contributed by atoms with E-state index < -0.39 is 0 Å². The Morgan fingerprint density at radius 1 is 0.500 bits per heavy atom. The van der Waals surface area contributed by atoms with Crippen LogP contribution in [0.4, 0.5) is 0 Å². The average Bonchev–Trinajstić information content (AvgIpc) is 3.77. The number of rotatable bonds is 4. The quantitative estimate of drug-likeness (QED) is 0.193. The maximum Gasteiger partial charge on any atom is 0.164 e. The fourth-order valence-corrected chi connectivity index (χ4v) is 7.66. The third kappa shape index (κ3) is 4.18. The summed E-state index contributed by atoms with van der Waals surface area (Å²) in [5.41, 5.74) is 3.67. The molecule has 0 saturated carbocycles. The zero-order chi connectivity index (χ0) is 36.8. The number of hydrogen-bond acceptors (Lipinski definition) is 4. The molecule has 5 heteroatoms. The molecule has 0 unspecified atom stereocenters. The lowest BCUT2D eigenvalue weighted by Gasteiger charge is -2.13. The first-order valence-corrected chi connectivity index (χ1v) is 16.4. The van der Waals surface area contributed by atoms with E-state index in [1.807, 2.05) is 108 Å². The molecule has 0 fully saturated rings. The Balaban J connectivity index is 1.42. The first-order chi connectivity index (χ1) is 26.3. The Morgan fingerprint density at radius 2 is 1.15 bits per heavy atom. The van der Waals surface area contributed by atoms with Gasteiger partial charge in [-0.05, 0) is 41.0 Å². The second-order valence-electron chi connectivity index (χ2n) is 11.6. The monoisotopic (exact) mass is 636 g/mol. The SMILES string of the molecule is [2H]c1c([2H])c([2H])c2c(sc3c([2H])c(-n4c5ccccc5c5c6ccccc6ccc54)c([2H])c(-c4nc(-c5ccccc5)nc(-c5ccccc5)n4)c32)c1[2H]. The maximum atomic E-state index is 10.2. The van der Waals surface area contributed by atoms with Crippen LogP contribution in [-0.2, 0) is 0 Å². The summed E-state index contributed by atoms with van der Waals surface area (Å²) in [5, 5.41) is 4.67. The van der Waals surface area contributed by atoms with Crippen LogP contribution >= 0.6 is 11.3 Å². The standard InChI is InChI=1S/C43H26N4S/c1-3-14-28(15-4-1)41-44-42(29-16-5-2-6-17-29)46-43(45-41)34-25-30(26-38-40(34)33-20-10-12-22-37(33)48-38)47-35-21-11-9-19-32(35)39-31-18-8-7-13-27(31)23-24-36(39)47/h1-26H/i10D,12D,20D,22D,25D,26D. The molecule has 0 aliphatic carbocycles. The highest BCUT2D eigenvalue weighted by molar-refractivity contribution is 7.26. The average molecular weight is 637 g/mol. The minimum atomic E-state index is -0.389. The molecule has 0 saturated heterocycles. The summed E-state index contributed by atoms with van der Waals surface area (Å²) in [6, 6.07) is 38.1. The summed E-state index contributed by atoms with van der Waals surface area (Å²) in [6.07, 6.45) is 0. The first kappa shape index (κ1) is 21.6. The van der Waals surface area contributed by atoms with E-state index in [9.17, 15) is 2.74 Å². The van der Waals surface area contributed by atoms with Crippen molar-refractivity contribution in [2.45, 2.75) is 0 Å². The number of hydrogen-bond donors (Lipinski definition) is 0. The molecule has 224 valence electrons. The molecule has 0 N–H and O–H groups in total. The minimum absolute atomic E-state index is 0.0354. The van der Waals surface area contributed by atoms with Crippen molar-refractivity contribution < 1.29 is 8.22 Å². The van der Waals surface area contributed by atoms with Gasteiger partial charge in [0.1, 0.15) is 0 Å². The number of fused-ring (bicyclic) bond motifs is 8. The van der Waals surface area contributed by atoms with Crippen molar-refractivity contribution in [3.05, 3.63) is 158 Å². The molecule has 0 radical (unpaired) electrons. The Kier molecular flexibility index (Phi) is 4.81. The smallest absolute Gasteiger partial charge is 0.164 e. The number of aromatic nitrogens is 4. The van der Waals surface area contributed by atoms with E-state index in [0.717, 1.165) is 55.0 Å². The van der Waals surface area contributed by atoms with Crippen molar-refractivity contribution in [1.29, 1.82) is 0 Å². The zero-order valence-corrected chi connectivity index (χ0v) is 26.1. The van der Waals surface area contributed by atoms with Crippen LogP contribution in [-0.4, -0.2) is 19.5 Å². The predicted octanol–water partition coefficient (Wildman–Crippen LogP) is 11.5. The molecule has 0 spiro atoms. The van der Waals surface area contributed by atoms with E-state index in [1.165, 1.54) is 0 Å². The Morgan fingerprint density at radius 3 is 1.92 bits per heavy atom. The molecule has 10 rings (SSSR count).